The van der Waals surface area contributed by atoms with Gasteiger partial charge in [-0.05, 0) is 6.92 Å². The fourth-order valence-electron chi connectivity index (χ4n) is 1.34. The minimum Gasteiger partial charge on any atom is -0.394 e. The van der Waals surface area contributed by atoms with E-state index in [1.807, 2.05) is 22.6 Å². The number of hydrogen-bond donors (Lipinski definition) is 3. The molecule has 1 unspecified atom stereocenters. The van der Waals surface area contributed by atoms with Crippen LogP contribution in [0.5, 0.6) is 0 Å². The highest BCUT2D eigenvalue weighted by molar-refractivity contribution is 14.1. The van der Waals surface area contributed by atoms with Gasteiger partial charge in [0.1, 0.15) is 12.2 Å². The Balaban J connectivity index is 2.63. The summed E-state index contributed by atoms with van der Waals surface area (Å²) in [6.07, 6.45) is -3.18. The Bertz CT molecular complexity index is 175. The van der Waals surface area contributed by atoms with Gasteiger partial charge in [0, 0.05) is 6.61 Å². The number of aliphatic hydroxyl groups is 3. The van der Waals surface area contributed by atoms with Crippen LogP contribution in [0.4, 0.5) is 0 Å². The van der Waals surface area contributed by atoms with Gasteiger partial charge >= 0.3 is 0 Å². The lowest BCUT2D eigenvalue weighted by molar-refractivity contribution is -0.263. The highest BCUT2D eigenvalue weighted by Gasteiger charge is 2.43. The average Bonchev–Trinajstić information content (AvgIpc) is 2.19. The first kappa shape index (κ1) is 12.6. The molecule has 0 aromatic carbocycles. The molecule has 1 aliphatic heterocycles. The van der Waals surface area contributed by atoms with E-state index in [1.165, 1.54) is 0 Å². The van der Waals surface area contributed by atoms with Crippen LogP contribution in [0.15, 0.2) is 0 Å². The molecule has 84 valence electrons. The molecule has 0 amide bonds. The van der Waals surface area contributed by atoms with E-state index >= 15 is 0 Å². The summed E-state index contributed by atoms with van der Waals surface area (Å²) < 4.78 is 9.95. The molecule has 0 aliphatic carbocycles. The van der Waals surface area contributed by atoms with Gasteiger partial charge in [-0.1, -0.05) is 22.6 Å². The van der Waals surface area contributed by atoms with Crippen molar-refractivity contribution in [1.82, 2.24) is 0 Å². The van der Waals surface area contributed by atoms with Gasteiger partial charge in [-0.25, -0.2) is 0 Å². The van der Waals surface area contributed by atoms with Gasteiger partial charge in [0.05, 0.1) is 16.6 Å². The molecule has 1 aliphatic rings. The molecular weight excluding hydrogens is 300 g/mol. The fraction of sp³-hybridized carbons (Fsp3) is 1.00. The number of alkyl halides is 1. The molecule has 0 bridgehead atoms. The van der Waals surface area contributed by atoms with E-state index in [0.29, 0.717) is 6.61 Å². The van der Waals surface area contributed by atoms with Crippen LogP contribution < -0.4 is 0 Å². The van der Waals surface area contributed by atoms with Crippen LogP contribution in [0, 0.1) is 0 Å². The van der Waals surface area contributed by atoms with Gasteiger partial charge in [0.25, 0.3) is 0 Å². The Morgan fingerprint density at radius 3 is 2.50 bits per heavy atom. The van der Waals surface area contributed by atoms with Crippen molar-refractivity contribution in [2.24, 2.45) is 0 Å². The SMILES string of the molecule is CCOC1O[C@H](CO)[C@@H](O)[C@H]([124I])[C@H]1O. The number of rotatable bonds is 3. The maximum absolute atomic E-state index is 9.65. The van der Waals surface area contributed by atoms with E-state index in [9.17, 15) is 10.2 Å². The van der Waals surface area contributed by atoms with Crippen LogP contribution in [-0.4, -0.2) is 57.1 Å². The summed E-state index contributed by atoms with van der Waals surface area (Å²) in [5.41, 5.74) is 0. The maximum Gasteiger partial charge on any atom is 0.185 e. The molecule has 1 saturated heterocycles. The first-order valence-electron chi connectivity index (χ1n) is 4.50. The van der Waals surface area contributed by atoms with Crippen molar-refractivity contribution in [2.45, 2.75) is 35.5 Å². The topological polar surface area (TPSA) is 79.2 Å². The predicted octanol–water partition coefficient (Wildman–Crippen LogP) is -0.735. The third-order valence-corrected chi connectivity index (χ3v) is 3.61. The van der Waals surface area contributed by atoms with Gasteiger partial charge < -0.3 is 24.8 Å². The molecule has 0 saturated carbocycles. The van der Waals surface area contributed by atoms with Crippen molar-refractivity contribution in [3.05, 3.63) is 0 Å². The second-order valence-electron chi connectivity index (χ2n) is 3.11. The molecular formula is C8H15IO5. The minimum atomic E-state index is -0.868. The van der Waals surface area contributed by atoms with Crippen molar-refractivity contribution < 1.29 is 24.8 Å². The Hall–Kier alpha value is 0.530. The van der Waals surface area contributed by atoms with Gasteiger partial charge in [-0.2, -0.15) is 0 Å². The molecule has 1 heterocycles. The van der Waals surface area contributed by atoms with Crippen LogP contribution >= 0.6 is 22.6 Å². The van der Waals surface area contributed by atoms with Gasteiger partial charge in [-0.3, -0.25) is 0 Å². The second-order valence-corrected chi connectivity index (χ2v) is 4.54. The first-order valence-corrected chi connectivity index (χ1v) is 5.74. The molecule has 0 radical (unpaired) electrons. The lowest BCUT2D eigenvalue weighted by Crippen LogP contribution is -2.56. The fourth-order valence-corrected chi connectivity index (χ4v) is 2.15. The zero-order valence-electron chi connectivity index (χ0n) is 7.84. The van der Waals surface area contributed by atoms with Crippen LogP contribution in [0.3, 0.4) is 0 Å². The smallest absolute Gasteiger partial charge is 0.185 e. The molecule has 1 rings (SSSR count). The maximum atomic E-state index is 9.65. The third-order valence-electron chi connectivity index (χ3n) is 2.13. The van der Waals surface area contributed by atoms with Crippen LogP contribution in [-0.2, 0) is 9.47 Å². The van der Waals surface area contributed by atoms with Crippen molar-refractivity contribution >= 4 is 22.6 Å². The van der Waals surface area contributed by atoms with Crippen molar-refractivity contribution in [1.29, 1.82) is 0 Å². The van der Waals surface area contributed by atoms with E-state index in [1.54, 1.807) is 6.92 Å². The van der Waals surface area contributed by atoms with Gasteiger partial charge in [-0.15, -0.1) is 0 Å². The van der Waals surface area contributed by atoms with E-state index < -0.39 is 28.5 Å². The summed E-state index contributed by atoms with van der Waals surface area (Å²) in [5, 5.41) is 28.2. The number of aliphatic hydroxyl groups excluding tert-OH is 3. The van der Waals surface area contributed by atoms with Crippen LogP contribution in [0.1, 0.15) is 6.92 Å². The molecule has 6 heteroatoms. The highest BCUT2D eigenvalue weighted by atomic mass is 124. The zero-order chi connectivity index (χ0) is 10.7. The molecule has 3 N–H and O–H groups in total. The summed E-state index contributed by atoms with van der Waals surface area (Å²) >= 11 is 1.93. The molecule has 14 heavy (non-hydrogen) atoms. The third kappa shape index (κ3) is 2.56. The normalized spacial score (nSPS) is 43.9. The average molecular weight is 315 g/mol. The molecule has 1 fully saturated rings. The second kappa shape index (κ2) is 5.57. The van der Waals surface area contributed by atoms with E-state index in [-0.39, 0.29) is 6.61 Å². The lowest BCUT2D eigenvalue weighted by Gasteiger charge is -2.39. The summed E-state index contributed by atoms with van der Waals surface area (Å²) in [7, 11) is 0. The minimum absolute atomic E-state index is 0.281. The van der Waals surface area contributed by atoms with Crippen molar-refractivity contribution in [3.63, 3.8) is 0 Å². The number of hydrogen-bond acceptors (Lipinski definition) is 5. The summed E-state index contributed by atoms with van der Waals surface area (Å²) in [6, 6.07) is 0. The standard InChI is InChI=1S/C8H15IO5/c1-2-13-8-7(12)5(9)6(11)4(3-10)14-8/h4-8,10-12H,2-3H2,1H3/t4-,5+,6-,7-,8?/m1/s1/i9-3. The molecule has 5 nitrogen and oxygen atoms in total. The molecule has 0 aromatic rings. The first-order chi connectivity index (χ1) is 6.61. The van der Waals surface area contributed by atoms with Gasteiger partial charge in [0.2, 0.25) is 0 Å². The van der Waals surface area contributed by atoms with Gasteiger partial charge in [0.15, 0.2) is 6.29 Å². The Labute approximate surface area is 96.2 Å². The summed E-state index contributed by atoms with van der Waals surface area (Å²) in [4.78, 5) is 0. The quantitative estimate of drug-likeness (QED) is 0.473. The lowest BCUT2D eigenvalue weighted by atomic mass is 10.0. The summed E-state index contributed by atoms with van der Waals surface area (Å²) in [5.74, 6) is 0. The Kier molecular flexibility index (Phi) is 5.01. The monoisotopic (exact) mass is 315 g/mol. The molecule has 5 atom stereocenters. The summed E-state index contributed by atoms with van der Waals surface area (Å²) in [6.45, 7) is 1.92. The molecule has 0 aromatic heterocycles. The van der Waals surface area contributed by atoms with Crippen molar-refractivity contribution in [3.8, 4) is 0 Å². The Morgan fingerprint density at radius 1 is 1.36 bits per heavy atom. The number of ether oxygens (including phenoxy) is 2. The van der Waals surface area contributed by atoms with Crippen LogP contribution in [0.2, 0.25) is 0 Å². The van der Waals surface area contributed by atoms with E-state index in [4.69, 9.17) is 14.6 Å². The van der Waals surface area contributed by atoms with E-state index in [2.05, 4.69) is 0 Å². The molecule has 0 spiro atoms. The highest BCUT2D eigenvalue weighted by Crippen LogP contribution is 2.27. The number of halogens is 1. The Morgan fingerprint density at radius 2 is 2.00 bits per heavy atom. The van der Waals surface area contributed by atoms with E-state index in [0.717, 1.165) is 0 Å². The van der Waals surface area contributed by atoms with Crippen molar-refractivity contribution in [2.75, 3.05) is 13.2 Å². The zero-order valence-corrected chi connectivity index (χ0v) is 9.99. The largest absolute Gasteiger partial charge is 0.394 e. The predicted molar refractivity (Wildman–Crippen MR) is 57.2 cm³/mol. The van der Waals surface area contributed by atoms with Crippen LogP contribution in [0.25, 0.3) is 0 Å².